The summed E-state index contributed by atoms with van der Waals surface area (Å²) in [5.74, 6) is -1.56. The molecule has 2 rings (SSSR count). The number of nitrogens with two attached hydrogens (primary N) is 1. The summed E-state index contributed by atoms with van der Waals surface area (Å²) in [7, 11) is 0. The van der Waals surface area contributed by atoms with E-state index in [0.29, 0.717) is 16.8 Å². The van der Waals surface area contributed by atoms with Crippen molar-refractivity contribution in [1.29, 1.82) is 0 Å². The number of aromatic nitrogens is 1. The Hall–Kier alpha value is -2.04. The fourth-order valence-corrected chi connectivity index (χ4v) is 1.28. The van der Waals surface area contributed by atoms with Crippen LogP contribution in [0.25, 0.3) is 11.1 Å². The molecule has 5 heteroatoms. The lowest BCUT2D eigenvalue weighted by Gasteiger charge is -1.97. The summed E-state index contributed by atoms with van der Waals surface area (Å²) >= 11 is 0. The Kier molecular flexibility index (Phi) is 2.07. The highest BCUT2D eigenvalue weighted by atomic mass is 16.4. The molecular formula is C10H10N2O3. The van der Waals surface area contributed by atoms with E-state index in [9.17, 15) is 4.79 Å². The van der Waals surface area contributed by atoms with Crippen LogP contribution in [0.2, 0.25) is 0 Å². The van der Waals surface area contributed by atoms with Gasteiger partial charge in [0, 0.05) is 0 Å². The van der Waals surface area contributed by atoms with Gasteiger partial charge in [-0.1, -0.05) is 6.07 Å². The summed E-state index contributed by atoms with van der Waals surface area (Å²) in [5, 5.41) is 8.80. The number of nitrogens with zero attached hydrogens (tertiary/aromatic N) is 1. The molecule has 1 unspecified atom stereocenters. The predicted octanol–water partition coefficient (Wildman–Crippen LogP) is 1.60. The molecule has 15 heavy (non-hydrogen) atoms. The smallest absolute Gasteiger partial charge is 0.315 e. The maximum absolute atomic E-state index is 10.7. The van der Waals surface area contributed by atoms with E-state index in [-0.39, 0.29) is 5.89 Å². The first-order valence-corrected chi connectivity index (χ1v) is 4.47. The molecule has 0 amide bonds. The van der Waals surface area contributed by atoms with Crippen molar-refractivity contribution in [2.75, 3.05) is 5.73 Å². The zero-order valence-corrected chi connectivity index (χ0v) is 8.10. The van der Waals surface area contributed by atoms with Crippen molar-refractivity contribution in [3.63, 3.8) is 0 Å². The van der Waals surface area contributed by atoms with E-state index in [1.807, 2.05) is 0 Å². The second kappa shape index (κ2) is 3.27. The van der Waals surface area contributed by atoms with Crippen molar-refractivity contribution >= 4 is 22.8 Å². The van der Waals surface area contributed by atoms with E-state index in [0.717, 1.165) is 0 Å². The Morgan fingerprint density at radius 3 is 2.93 bits per heavy atom. The van der Waals surface area contributed by atoms with Crippen molar-refractivity contribution in [1.82, 2.24) is 4.98 Å². The summed E-state index contributed by atoms with van der Waals surface area (Å²) < 4.78 is 5.30. The maximum atomic E-state index is 10.7. The lowest BCUT2D eigenvalue weighted by molar-refractivity contribution is -0.138. The minimum atomic E-state index is -0.972. The number of anilines is 1. The number of rotatable bonds is 2. The van der Waals surface area contributed by atoms with E-state index in [1.165, 1.54) is 6.92 Å². The van der Waals surface area contributed by atoms with E-state index in [1.54, 1.807) is 18.2 Å². The molecule has 0 spiro atoms. The SMILES string of the molecule is CC(C(=O)O)c1nc2cccc(N)c2o1. The van der Waals surface area contributed by atoms with Crippen molar-refractivity contribution in [3.8, 4) is 0 Å². The molecule has 1 atom stereocenters. The van der Waals surface area contributed by atoms with Gasteiger partial charge in [0.2, 0.25) is 5.89 Å². The van der Waals surface area contributed by atoms with Crippen LogP contribution in [0.15, 0.2) is 22.6 Å². The number of oxazole rings is 1. The van der Waals surface area contributed by atoms with Gasteiger partial charge in [-0.05, 0) is 19.1 Å². The van der Waals surface area contributed by atoms with E-state index < -0.39 is 11.9 Å². The van der Waals surface area contributed by atoms with Crippen LogP contribution in [-0.2, 0) is 4.79 Å². The number of hydrogen-bond acceptors (Lipinski definition) is 4. The molecule has 2 aromatic rings. The van der Waals surface area contributed by atoms with Gasteiger partial charge in [0.25, 0.3) is 0 Å². The quantitative estimate of drug-likeness (QED) is 0.728. The normalized spacial score (nSPS) is 12.9. The molecule has 78 valence electrons. The molecule has 0 aliphatic carbocycles. The largest absolute Gasteiger partial charge is 0.481 e. The van der Waals surface area contributed by atoms with Gasteiger partial charge in [0.1, 0.15) is 11.4 Å². The molecule has 0 bridgehead atoms. The predicted molar refractivity (Wildman–Crippen MR) is 54.5 cm³/mol. The van der Waals surface area contributed by atoms with Crippen LogP contribution in [0.3, 0.4) is 0 Å². The van der Waals surface area contributed by atoms with Crippen molar-refractivity contribution in [2.45, 2.75) is 12.8 Å². The van der Waals surface area contributed by atoms with Gasteiger partial charge in [-0.15, -0.1) is 0 Å². The molecule has 3 N–H and O–H groups in total. The number of nitrogen functional groups attached to an aromatic ring is 1. The van der Waals surface area contributed by atoms with Gasteiger partial charge >= 0.3 is 5.97 Å². The van der Waals surface area contributed by atoms with Crippen molar-refractivity contribution in [2.24, 2.45) is 0 Å². The van der Waals surface area contributed by atoms with Crippen LogP contribution >= 0.6 is 0 Å². The number of fused-ring (bicyclic) bond motifs is 1. The van der Waals surface area contributed by atoms with Crippen LogP contribution in [0.1, 0.15) is 18.7 Å². The van der Waals surface area contributed by atoms with Gasteiger partial charge in [0.05, 0.1) is 5.69 Å². The van der Waals surface area contributed by atoms with Gasteiger partial charge in [-0.2, -0.15) is 0 Å². The molecule has 0 saturated heterocycles. The van der Waals surface area contributed by atoms with E-state index in [4.69, 9.17) is 15.3 Å². The summed E-state index contributed by atoms with van der Waals surface area (Å²) in [5.41, 5.74) is 7.15. The first-order valence-electron chi connectivity index (χ1n) is 4.47. The first kappa shape index (κ1) is 9.51. The maximum Gasteiger partial charge on any atom is 0.315 e. The molecule has 0 radical (unpaired) electrons. The van der Waals surface area contributed by atoms with Crippen LogP contribution in [0, 0.1) is 0 Å². The number of carbonyl (C=O) groups is 1. The lowest BCUT2D eigenvalue weighted by atomic mass is 10.2. The number of benzene rings is 1. The van der Waals surface area contributed by atoms with E-state index in [2.05, 4.69) is 4.98 Å². The summed E-state index contributed by atoms with van der Waals surface area (Å²) in [4.78, 5) is 14.8. The number of carboxylic acids is 1. The topological polar surface area (TPSA) is 89.3 Å². The van der Waals surface area contributed by atoms with Crippen LogP contribution in [0.5, 0.6) is 0 Å². The molecular weight excluding hydrogens is 196 g/mol. The van der Waals surface area contributed by atoms with Gasteiger partial charge in [-0.3, -0.25) is 4.79 Å². The van der Waals surface area contributed by atoms with Gasteiger partial charge in [-0.25, -0.2) is 4.98 Å². The van der Waals surface area contributed by atoms with Crippen LogP contribution in [0.4, 0.5) is 5.69 Å². The Morgan fingerprint density at radius 1 is 1.60 bits per heavy atom. The zero-order chi connectivity index (χ0) is 11.0. The highest BCUT2D eigenvalue weighted by molar-refractivity contribution is 5.85. The Bertz CT molecular complexity index is 518. The molecule has 0 aliphatic heterocycles. The molecule has 1 heterocycles. The number of para-hydroxylation sites is 1. The van der Waals surface area contributed by atoms with Crippen molar-refractivity contribution in [3.05, 3.63) is 24.1 Å². The molecule has 0 aliphatic rings. The Morgan fingerprint density at radius 2 is 2.33 bits per heavy atom. The molecule has 0 saturated carbocycles. The highest BCUT2D eigenvalue weighted by Gasteiger charge is 2.20. The zero-order valence-electron chi connectivity index (χ0n) is 8.10. The van der Waals surface area contributed by atoms with Crippen molar-refractivity contribution < 1.29 is 14.3 Å². The van der Waals surface area contributed by atoms with Crippen LogP contribution < -0.4 is 5.73 Å². The average Bonchev–Trinajstić information content (AvgIpc) is 2.61. The fourth-order valence-electron chi connectivity index (χ4n) is 1.28. The number of hydrogen-bond donors (Lipinski definition) is 2. The minimum absolute atomic E-state index is 0.176. The summed E-state index contributed by atoms with van der Waals surface area (Å²) in [6.45, 7) is 1.52. The summed E-state index contributed by atoms with van der Waals surface area (Å²) in [6, 6.07) is 5.16. The highest BCUT2D eigenvalue weighted by Crippen LogP contribution is 2.25. The molecule has 1 aromatic carbocycles. The monoisotopic (exact) mass is 206 g/mol. The third-order valence-electron chi connectivity index (χ3n) is 2.20. The fraction of sp³-hybridized carbons (Fsp3) is 0.200. The summed E-state index contributed by atoms with van der Waals surface area (Å²) in [6.07, 6.45) is 0. The third kappa shape index (κ3) is 1.52. The number of aliphatic carboxylic acids is 1. The lowest BCUT2D eigenvalue weighted by Crippen LogP contribution is -2.07. The second-order valence-corrected chi connectivity index (χ2v) is 3.31. The first-order chi connectivity index (χ1) is 7.09. The van der Waals surface area contributed by atoms with E-state index >= 15 is 0 Å². The van der Waals surface area contributed by atoms with Gasteiger partial charge < -0.3 is 15.3 Å². The average molecular weight is 206 g/mol. The Balaban J connectivity index is 2.56. The molecule has 0 fully saturated rings. The second-order valence-electron chi connectivity index (χ2n) is 3.31. The minimum Gasteiger partial charge on any atom is -0.481 e. The standard InChI is InChI=1S/C10H10N2O3/c1-5(10(13)14)9-12-7-4-2-3-6(11)8(7)15-9/h2-5H,11H2,1H3,(H,13,14). The molecule has 5 nitrogen and oxygen atoms in total. The van der Waals surface area contributed by atoms with Gasteiger partial charge in [0.15, 0.2) is 5.58 Å². The Labute approximate surface area is 85.5 Å². The van der Waals surface area contributed by atoms with Crippen LogP contribution in [-0.4, -0.2) is 16.1 Å². The number of carboxylic acid groups (broad SMARTS) is 1. The third-order valence-corrected chi connectivity index (χ3v) is 2.20. The molecule has 1 aromatic heterocycles.